The van der Waals surface area contributed by atoms with Crippen molar-refractivity contribution < 1.29 is 9.53 Å². The molecule has 0 aliphatic heterocycles. The highest BCUT2D eigenvalue weighted by atomic mass is 16.5. The van der Waals surface area contributed by atoms with Gasteiger partial charge in [0.2, 0.25) is 0 Å². The molecule has 0 radical (unpaired) electrons. The van der Waals surface area contributed by atoms with Crippen LogP contribution >= 0.6 is 0 Å². The largest absolute Gasteiger partial charge is 0.469 e. The van der Waals surface area contributed by atoms with E-state index in [0.717, 1.165) is 18.8 Å². The molecular formula is C14H27NO2. The number of ether oxygens (including phenoxy) is 1. The summed E-state index contributed by atoms with van der Waals surface area (Å²) in [5, 5.41) is 0. The highest BCUT2D eigenvalue weighted by molar-refractivity contribution is 5.69. The number of carbonyl (C=O) groups is 1. The van der Waals surface area contributed by atoms with Gasteiger partial charge >= 0.3 is 5.97 Å². The number of rotatable bonds is 3. The summed E-state index contributed by atoms with van der Waals surface area (Å²) in [6.07, 6.45) is 5.15. The topological polar surface area (TPSA) is 52.3 Å². The second kappa shape index (κ2) is 5.85. The molecule has 0 amide bonds. The van der Waals surface area contributed by atoms with Gasteiger partial charge < -0.3 is 10.5 Å². The van der Waals surface area contributed by atoms with E-state index in [9.17, 15) is 4.79 Å². The third-order valence-corrected chi connectivity index (χ3v) is 4.23. The average molecular weight is 241 g/mol. The SMILES string of the molecule is COC(=O)C[C@H](N)C1CCC(C(C)(C)C)CC1. The van der Waals surface area contributed by atoms with Gasteiger partial charge in [-0.2, -0.15) is 0 Å². The molecular weight excluding hydrogens is 214 g/mol. The van der Waals surface area contributed by atoms with Crippen LogP contribution in [0.5, 0.6) is 0 Å². The molecule has 3 nitrogen and oxygen atoms in total. The van der Waals surface area contributed by atoms with Crippen LogP contribution in [0.25, 0.3) is 0 Å². The number of carbonyl (C=O) groups excluding carboxylic acids is 1. The molecule has 1 aliphatic carbocycles. The van der Waals surface area contributed by atoms with Crippen molar-refractivity contribution in [1.29, 1.82) is 0 Å². The second-order valence-electron chi connectivity index (χ2n) is 6.42. The van der Waals surface area contributed by atoms with Crippen LogP contribution in [0.3, 0.4) is 0 Å². The van der Waals surface area contributed by atoms with E-state index in [-0.39, 0.29) is 12.0 Å². The maximum atomic E-state index is 11.2. The van der Waals surface area contributed by atoms with Crippen LogP contribution in [-0.2, 0) is 9.53 Å². The lowest BCUT2D eigenvalue weighted by Gasteiger charge is -2.38. The van der Waals surface area contributed by atoms with Gasteiger partial charge in [0.15, 0.2) is 0 Å². The van der Waals surface area contributed by atoms with Crippen LogP contribution in [0, 0.1) is 17.3 Å². The Morgan fingerprint density at radius 3 is 2.24 bits per heavy atom. The van der Waals surface area contributed by atoms with Crippen molar-refractivity contribution in [3.8, 4) is 0 Å². The number of esters is 1. The van der Waals surface area contributed by atoms with Crippen LogP contribution in [0.2, 0.25) is 0 Å². The lowest BCUT2D eigenvalue weighted by atomic mass is 9.68. The number of hydrogen-bond acceptors (Lipinski definition) is 3. The zero-order chi connectivity index (χ0) is 13.1. The molecule has 1 rings (SSSR count). The molecule has 3 heteroatoms. The summed E-state index contributed by atoms with van der Waals surface area (Å²) in [4.78, 5) is 11.2. The summed E-state index contributed by atoms with van der Waals surface area (Å²) >= 11 is 0. The minimum absolute atomic E-state index is 0.0247. The summed E-state index contributed by atoms with van der Waals surface area (Å²) in [7, 11) is 1.42. The van der Waals surface area contributed by atoms with Gasteiger partial charge in [-0.3, -0.25) is 4.79 Å². The molecule has 1 saturated carbocycles. The molecule has 2 N–H and O–H groups in total. The van der Waals surface area contributed by atoms with E-state index < -0.39 is 0 Å². The predicted octanol–water partition coefficient (Wildman–Crippen LogP) is 2.73. The summed E-state index contributed by atoms with van der Waals surface area (Å²) in [5.41, 5.74) is 6.48. The maximum Gasteiger partial charge on any atom is 0.307 e. The van der Waals surface area contributed by atoms with E-state index in [1.165, 1.54) is 20.0 Å². The molecule has 0 aromatic carbocycles. The molecule has 100 valence electrons. The molecule has 0 unspecified atom stereocenters. The third kappa shape index (κ3) is 4.30. The average Bonchev–Trinajstić information content (AvgIpc) is 2.27. The quantitative estimate of drug-likeness (QED) is 0.773. The summed E-state index contributed by atoms with van der Waals surface area (Å²) in [6, 6.07) is -0.0247. The second-order valence-corrected chi connectivity index (χ2v) is 6.42. The highest BCUT2D eigenvalue weighted by Gasteiger charge is 2.32. The number of hydrogen-bond donors (Lipinski definition) is 1. The zero-order valence-corrected chi connectivity index (χ0v) is 11.7. The predicted molar refractivity (Wildman–Crippen MR) is 69.5 cm³/mol. The summed E-state index contributed by atoms with van der Waals surface area (Å²) < 4.78 is 4.67. The van der Waals surface area contributed by atoms with Gasteiger partial charge in [-0.15, -0.1) is 0 Å². The van der Waals surface area contributed by atoms with Crippen molar-refractivity contribution in [1.82, 2.24) is 0 Å². The van der Waals surface area contributed by atoms with Crippen LogP contribution in [0.1, 0.15) is 52.9 Å². The Kier molecular flexibility index (Phi) is 4.99. The van der Waals surface area contributed by atoms with Gasteiger partial charge in [0.1, 0.15) is 0 Å². The molecule has 0 heterocycles. The molecule has 0 bridgehead atoms. The van der Waals surface area contributed by atoms with Gasteiger partial charge in [-0.25, -0.2) is 0 Å². The summed E-state index contributed by atoms with van der Waals surface area (Å²) in [5.74, 6) is 1.10. The standard InChI is InChI=1S/C14H27NO2/c1-14(2,3)11-7-5-10(6-8-11)12(15)9-13(16)17-4/h10-12H,5-9,15H2,1-4H3/t10?,11?,12-/m0/s1. The third-order valence-electron chi connectivity index (χ3n) is 4.23. The molecule has 0 aromatic rings. The Morgan fingerprint density at radius 1 is 1.29 bits per heavy atom. The van der Waals surface area contributed by atoms with Crippen molar-refractivity contribution in [2.75, 3.05) is 7.11 Å². The fraction of sp³-hybridized carbons (Fsp3) is 0.929. The normalized spacial score (nSPS) is 27.6. The lowest BCUT2D eigenvalue weighted by molar-refractivity contribution is -0.141. The molecule has 1 atom stereocenters. The van der Waals surface area contributed by atoms with Crippen LogP contribution in [-0.4, -0.2) is 19.1 Å². The molecule has 1 aliphatic rings. The Labute approximate surface area is 105 Å². The Morgan fingerprint density at radius 2 is 1.82 bits per heavy atom. The van der Waals surface area contributed by atoms with Gasteiger partial charge in [0.25, 0.3) is 0 Å². The van der Waals surface area contributed by atoms with Gasteiger partial charge in [0.05, 0.1) is 13.5 Å². The Bertz CT molecular complexity index is 249. The van der Waals surface area contributed by atoms with E-state index in [2.05, 4.69) is 25.5 Å². The smallest absolute Gasteiger partial charge is 0.307 e. The van der Waals surface area contributed by atoms with Gasteiger partial charge in [0, 0.05) is 6.04 Å². The van der Waals surface area contributed by atoms with Crippen molar-refractivity contribution in [3.05, 3.63) is 0 Å². The van der Waals surface area contributed by atoms with Gasteiger partial charge in [-0.05, 0) is 42.9 Å². The van der Waals surface area contributed by atoms with Crippen LogP contribution < -0.4 is 5.73 Å². The lowest BCUT2D eigenvalue weighted by Crippen LogP contribution is -2.37. The highest BCUT2D eigenvalue weighted by Crippen LogP contribution is 2.40. The minimum Gasteiger partial charge on any atom is -0.469 e. The first-order valence-electron chi connectivity index (χ1n) is 6.67. The van der Waals surface area contributed by atoms with Gasteiger partial charge in [-0.1, -0.05) is 20.8 Å². The van der Waals surface area contributed by atoms with E-state index in [0.29, 0.717) is 17.8 Å². The first-order valence-corrected chi connectivity index (χ1v) is 6.67. The van der Waals surface area contributed by atoms with E-state index in [1.54, 1.807) is 0 Å². The zero-order valence-electron chi connectivity index (χ0n) is 11.7. The van der Waals surface area contributed by atoms with Crippen molar-refractivity contribution in [2.45, 2.75) is 58.9 Å². The summed E-state index contributed by atoms with van der Waals surface area (Å²) in [6.45, 7) is 6.94. The maximum absolute atomic E-state index is 11.2. The fourth-order valence-corrected chi connectivity index (χ4v) is 2.86. The van der Waals surface area contributed by atoms with Crippen molar-refractivity contribution in [2.24, 2.45) is 23.0 Å². The molecule has 0 spiro atoms. The molecule has 0 saturated heterocycles. The molecule has 17 heavy (non-hydrogen) atoms. The molecule has 0 aromatic heterocycles. The first-order chi connectivity index (χ1) is 7.84. The van der Waals surface area contributed by atoms with Crippen molar-refractivity contribution in [3.63, 3.8) is 0 Å². The minimum atomic E-state index is -0.185. The van der Waals surface area contributed by atoms with E-state index in [4.69, 9.17) is 5.73 Å². The Hall–Kier alpha value is -0.570. The number of nitrogens with two attached hydrogens (primary N) is 1. The monoisotopic (exact) mass is 241 g/mol. The molecule has 1 fully saturated rings. The Balaban J connectivity index is 2.39. The van der Waals surface area contributed by atoms with Crippen LogP contribution in [0.15, 0.2) is 0 Å². The van der Waals surface area contributed by atoms with Crippen molar-refractivity contribution >= 4 is 5.97 Å². The first kappa shape index (κ1) is 14.5. The van der Waals surface area contributed by atoms with E-state index in [1.807, 2.05) is 0 Å². The van der Waals surface area contributed by atoms with Crippen LogP contribution in [0.4, 0.5) is 0 Å². The fourth-order valence-electron chi connectivity index (χ4n) is 2.86. The number of methoxy groups -OCH3 is 1. The van der Waals surface area contributed by atoms with E-state index >= 15 is 0 Å².